The summed E-state index contributed by atoms with van der Waals surface area (Å²) < 4.78 is 0. The Balaban J connectivity index is 1.80. The summed E-state index contributed by atoms with van der Waals surface area (Å²) in [6.07, 6.45) is -0.571. The highest BCUT2D eigenvalue weighted by atomic mass is 32.2. The van der Waals surface area contributed by atoms with Crippen LogP contribution in [-0.4, -0.2) is 235 Å². The topological polar surface area (TPSA) is 461 Å². The van der Waals surface area contributed by atoms with Crippen molar-refractivity contribution in [2.24, 2.45) is 35.1 Å². The van der Waals surface area contributed by atoms with Crippen LogP contribution in [0, 0.1) is 23.7 Å². The molecule has 0 aromatic rings. The van der Waals surface area contributed by atoms with Crippen molar-refractivity contribution in [2.75, 3.05) is 38.2 Å². The second-order valence-electron chi connectivity index (χ2n) is 25.4. The zero-order valence-corrected chi connectivity index (χ0v) is 54.7. The number of hydrogen-bond donors (Lipinski definition) is 14. The maximum absolute atomic E-state index is 14.6. The van der Waals surface area contributed by atoms with Gasteiger partial charge in [-0.25, -0.2) is 4.79 Å². The summed E-state index contributed by atoms with van der Waals surface area (Å²) in [6.45, 7) is 15.9. The lowest BCUT2D eigenvalue weighted by molar-refractivity contribution is -0.150. The number of primary amides is 1. The fourth-order valence-electron chi connectivity index (χ4n) is 11.0. The smallest absolute Gasteiger partial charge is 0.326 e. The molecule has 14 atom stereocenters. The number of aliphatic hydroxyl groups excluding tert-OH is 3. The number of aliphatic hydroxyl groups is 3. The molecule has 510 valence electrons. The number of carbonyl (C=O) groups excluding carboxylic acids is 12. The number of carboxylic acids is 1. The number of nitrogens with one attached hydrogen (secondary N) is 8. The zero-order chi connectivity index (χ0) is 68.0. The van der Waals surface area contributed by atoms with Crippen molar-refractivity contribution < 1.29 is 82.8 Å². The first kappa shape index (κ1) is 77.5. The number of carbonyl (C=O) groups is 13. The fraction of sp³-hybridized carbons (Fsp3) is 0.780. The van der Waals surface area contributed by atoms with Gasteiger partial charge in [-0.2, -0.15) is 11.8 Å². The Morgan fingerprint density at radius 2 is 0.867 bits per heavy atom. The van der Waals surface area contributed by atoms with E-state index in [-0.39, 0.29) is 100 Å². The Morgan fingerprint density at radius 1 is 0.489 bits per heavy atom. The van der Waals surface area contributed by atoms with Gasteiger partial charge in [-0.3, -0.25) is 57.5 Å². The van der Waals surface area contributed by atoms with Crippen molar-refractivity contribution in [3.05, 3.63) is 0 Å². The van der Waals surface area contributed by atoms with Crippen molar-refractivity contribution >= 4 is 88.6 Å². The van der Waals surface area contributed by atoms with E-state index in [2.05, 4.69) is 42.5 Å². The average Bonchev–Trinajstić information content (AvgIpc) is 1.73. The Labute approximate surface area is 531 Å². The fourth-order valence-corrected chi connectivity index (χ4v) is 11.5. The molecule has 3 heterocycles. The molecule has 0 saturated carbocycles. The van der Waals surface area contributed by atoms with Crippen molar-refractivity contribution in [3.63, 3.8) is 0 Å². The van der Waals surface area contributed by atoms with E-state index < -0.39 is 181 Å². The summed E-state index contributed by atoms with van der Waals surface area (Å²) in [5.41, 5.74) is 11.5. The van der Waals surface area contributed by atoms with Gasteiger partial charge in [-0.15, -0.1) is 0 Å². The predicted molar refractivity (Wildman–Crippen MR) is 330 cm³/mol. The maximum Gasteiger partial charge on any atom is 0.326 e. The Kier molecular flexibility index (Phi) is 31.9. The molecule has 31 heteroatoms. The van der Waals surface area contributed by atoms with Gasteiger partial charge in [-0.05, 0) is 120 Å². The molecule has 0 aromatic heterocycles. The Morgan fingerprint density at radius 3 is 1.33 bits per heavy atom. The zero-order valence-electron chi connectivity index (χ0n) is 53.9. The van der Waals surface area contributed by atoms with E-state index in [1.807, 2.05) is 13.8 Å². The molecule has 3 fully saturated rings. The molecular formula is C59H101N13O17S. The molecule has 0 bridgehead atoms. The highest BCUT2D eigenvalue weighted by molar-refractivity contribution is 7.98. The lowest BCUT2D eigenvalue weighted by atomic mass is 10.00. The molecule has 0 radical (unpaired) electrons. The van der Waals surface area contributed by atoms with Crippen LogP contribution in [0.5, 0.6) is 0 Å². The SMILES string of the molecule is CSCC[C@H](NC(=O)[C@H](CO)NC(=O)[C@H](CC(C)C)NC(=O)[C@@H](N)C(C)C)C(=O)N[C@@H](CCC(N)=O)C(=O)N[C@H](C(=O)N1CCC[C@H]1C(=O)N1CCC[C@H]1C(=O)N[C@H](C(=O)N1CCC[C@H]1C(=O)N[C@@H](CC(C)C)C(=O)N[C@@H](CC(C)C)C(=O)O)[C@@H](C)O)[C@@H](C)O. The van der Waals surface area contributed by atoms with Crippen LogP contribution < -0.4 is 54.0 Å². The molecule has 16 N–H and O–H groups in total. The summed E-state index contributed by atoms with van der Waals surface area (Å²) in [6, 6.07) is -16.0. The molecule has 30 nitrogen and oxygen atoms in total. The second kappa shape index (κ2) is 37.0. The van der Waals surface area contributed by atoms with Crippen molar-refractivity contribution in [1.29, 1.82) is 0 Å². The first-order valence-electron chi connectivity index (χ1n) is 31.2. The number of amides is 12. The summed E-state index contributed by atoms with van der Waals surface area (Å²) in [4.78, 5) is 181. The Hall–Kier alpha value is -6.70. The van der Waals surface area contributed by atoms with Crippen LogP contribution in [0.25, 0.3) is 0 Å². The third kappa shape index (κ3) is 23.2. The minimum atomic E-state index is -1.76. The van der Waals surface area contributed by atoms with Gasteiger partial charge in [0.2, 0.25) is 70.9 Å². The number of likely N-dealkylation sites (tertiary alicyclic amines) is 3. The summed E-state index contributed by atoms with van der Waals surface area (Å²) in [7, 11) is 0. The monoisotopic (exact) mass is 1300 g/mol. The Bertz CT molecular complexity index is 2520. The number of rotatable bonds is 36. The standard InChI is InChI=1S/C59H101N13O17S/c1-29(2)25-37(50(79)66-39(59(88)89)27-31(5)6)64-53(82)41-15-13-22-71(41)57(86)47(34(10)75)69-54(83)42-16-12-21-70(42)56(85)43-17-14-23-72(43)58(87)46(33(9)74)68-49(78)35(18-19-44(60)76)62-48(77)36(20-24-90-11)63-52(81)40(28-73)67-51(80)38(26-30(3)4)65-55(84)45(61)32(7)8/h29-43,45-47,73-75H,12-28,61H2,1-11H3,(H2,60,76)(H,62,77)(H,63,81)(H,64,82)(H,65,84)(H,66,79)(H,67,80)(H,68,78)(H,69,83)(H,88,89)/t33-,34-,35+,36+,37+,38+,39+,40+,41+,42+,43+,45+,46+,47+/m1/s1. The van der Waals surface area contributed by atoms with E-state index in [1.54, 1.807) is 47.8 Å². The highest BCUT2D eigenvalue weighted by Gasteiger charge is 2.47. The predicted octanol–water partition coefficient (Wildman–Crippen LogP) is -3.18. The highest BCUT2D eigenvalue weighted by Crippen LogP contribution is 2.27. The quantitative estimate of drug-likeness (QED) is 0.0294. The minimum Gasteiger partial charge on any atom is -0.480 e. The van der Waals surface area contributed by atoms with Crippen LogP contribution in [0.3, 0.4) is 0 Å². The van der Waals surface area contributed by atoms with Gasteiger partial charge in [-0.1, -0.05) is 55.4 Å². The van der Waals surface area contributed by atoms with Crippen LogP contribution in [0.1, 0.15) is 146 Å². The summed E-state index contributed by atoms with van der Waals surface area (Å²) in [5, 5.41) is 62.4. The van der Waals surface area contributed by atoms with Crippen LogP contribution in [0.4, 0.5) is 0 Å². The third-order valence-electron chi connectivity index (χ3n) is 16.0. The first-order chi connectivity index (χ1) is 42.1. The van der Waals surface area contributed by atoms with E-state index in [0.29, 0.717) is 12.8 Å². The number of thioether (sulfide) groups is 1. The van der Waals surface area contributed by atoms with Gasteiger partial charge in [0.1, 0.15) is 66.5 Å². The van der Waals surface area contributed by atoms with Gasteiger partial charge in [0.15, 0.2) is 0 Å². The van der Waals surface area contributed by atoms with E-state index in [1.165, 1.54) is 35.4 Å². The van der Waals surface area contributed by atoms with Crippen LogP contribution in [-0.2, 0) is 62.3 Å². The lowest BCUT2D eigenvalue weighted by Gasteiger charge is -2.35. The maximum atomic E-state index is 14.6. The minimum absolute atomic E-state index is 0.0284. The molecule has 3 aliphatic rings. The van der Waals surface area contributed by atoms with Gasteiger partial charge >= 0.3 is 5.97 Å². The third-order valence-corrected chi connectivity index (χ3v) is 16.6. The number of carboxylic acid groups (broad SMARTS) is 1. The molecule has 12 amide bonds. The van der Waals surface area contributed by atoms with Crippen molar-refractivity contribution in [3.8, 4) is 0 Å². The number of hydrogen-bond acceptors (Lipinski definition) is 18. The van der Waals surface area contributed by atoms with Crippen molar-refractivity contribution in [2.45, 2.75) is 231 Å². The normalized spacial score (nSPS) is 20.3. The summed E-state index contributed by atoms with van der Waals surface area (Å²) >= 11 is 1.30. The largest absolute Gasteiger partial charge is 0.480 e. The van der Waals surface area contributed by atoms with Crippen LogP contribution in [0.2, 0.25) is 0 Å². The van der Waals surface area contributed by atoms with E-state index >= 15 is 0 Å². The molecule has 90 heavy (non-hydrogen) atoms. The van der Waals surface area contributed by atoms with E-state index in [9.17, 15) is 82.8 Å². The lowest BCUT2D eigenvalue weighted by Crippen LogP contribution is -2.62. The molecule has 3 rings (SSSR count). The van der Waals surface area contributed by atoms with Gasteiger partial charge in [0.25, 0.3) is 0 Å². The van der Waals surface area contributed by atoms with E-state index in [4.69, 9.17) is 11.5 Å². The number of nitrogens with two attached hydrogens (primary N) is 2. The molecule has 0 spiro atoms. The van der Waals surface area contributed by atoms with Crippen molar-refractivity contribution in [1.82, 2.24) is 57.2 Å². The molecule has 3 aliphatic heterocycles. The van der Waals surface area contributed by atoms with Crippen LogP contribution >= 0.6 is 11.8 Å². The van der Waals surface area contributed by atoms with Gasteiger partial charge in [0.05, 0.1) is 24.9 Å². The molecule has 0 unspecified atom stereocenters. The number of nitrogens with zero attached hydrogens (tertiary/aromatic N) is 3. The van der Waals surface area contributed by atoms with E-state index in [0.717, 1.165) is 4.90 Å². The summed E-state index contributed by atoms with van der Waals surface area (Å²) in [5.74, 6) is -11.4. The van der Waals surface area contributed by atoms with Gasteiger partial charge < -0.3 is 89.1 Å². The average molecular weight is 1300 g/mol. The number of aliphatic carboxylic acids is 1. The molecule has 0 aliphatic carbocycles. The molecular weight excluding hydrogens is 1190 g/mol. The van der Waals surface area contributed by atoms with Crippen LogP contribution in [0.15, 0.2) is 0 Å². The molecule has 3 saturated heterocycles. The first-order valence-corrected chi connectivity index (χ1v) is 32.6. The molecule has 0 aromatic carbocycles. The van der Waals surface area contributed by atoms with Gasteiger partial charge in [0, 0.05) is 26.1 Å². The second-order valence-corrected chi connectivity index (χ2v) is 26.3.